The lowest BCUT2D eigenvalue weighted by atomic mass is 9.99. The van der Waals surface area contributed by atoms with Gasteiger partial charge >= 0.3 is 23.9 Å². The minimum absolute atomic E-state index is 0.327. The Kier molecular flexibility index (Phi) is 8.50. The number of hydrogen-bond acceptors (Lipinski definition) is 11. The number of nitrogens with two attached hydrogens (primary N) is 1. The third kappa shape index (κ3) is 7.43. The number of hydrogen-bond donors (Lipinski definition) is 2. The molecular weight excluding hydrogens is 384 g/mol. The predicted molar refractivity (Wildman–Crippen MR) is 91.5 cm³/mol. The molecule has 0 aromatic carbocycles. The van der Waals surface area contributed by atoms with Crippen LogP contribution in [0.15, 0.2) is 0 Å². The van der Waals surface area contributed by atoms with Crippen molar-refractivity contribution in [2.45, 2.75) is 57.5 Å². The highest BCUT2D eigenvalue weighted by atomic mass is 32.2. The Bertz CT molecular complexity index is 612. The number of rotatable bonds is 6. The number of carbonyl (C=O) groups is 4. The zero-order valence-corrected chi connectivity index (χ0v) is 16.1. The summed E-state index contributed by atoms with van der Waals surface area (Å²) in [5, 5.41) is 7.10. The van der Waals surface area contributed by atoms with Gasteiger partial charge in [0.25, 0.3) is 0 Å². The molecule has 0 aromatic rings. The third-order valence-corrected chi connectivity index (χ3v) is 4.06. The number of amidine groups is 1. The van der Waals surface area contributed by atoms with Crippen LogP contribution < -0.4 is 5.73 Å². The van der Waals surface area contributed by atoms with Gasteiger partial charge in [-0.25, -0.2) is 0 Å². The molecule has 0 bridgehead atoms. The molecule has 11 nitrogen and oxygen atoms in total. The highest BCUT2D eigenvalue weighted by molar-refractivity contribution is 8.14. The zero-order valence-electron chi connectivity index (χ0n) is 15.3. The van der Waals surface area contributed by atoms with E-state index < -0.39 is 53.7 Å². The van der Waals surface area contributed by atoms with Crippen LogP contribution in [0.1, 0.15) is 27.7 Å². The van der Waals surface area contributed by atoms with E-state index in [0.717, 1.165) is 20.8 Å². The van der Waals surface area contributed by atoms with Gasteiger partial charge in [0.1, 0.15) is 12.7 Å². The van der Waals surface area contributed by atoms with Crippen LogP contribution in [0.5, 0.6) is 0 Å². The van der Waals surface area contributed by atoms with Crippen molar-refractivity contribution in [2.75, 3.05) is 6.61 Å². The quantitative estimate of drug-likeness (QED) is 0.257. The van der Waals surface area contributed by atoms with Gasteiger partial charge in [-0.05, 0) is 0 Å². The van der Waals surface area contributed by atoms with Gasteiger partial charge in [0.15, 0.2) is 28.9 Å². The Labute approximate surface area is 159 Å². The Morgan fingerprint density at radius 2 is 1.37 bits per heavy atom. The molecule has 1 heterocycles. The van der Waals surface area contributed by atoms with Crippen molar-refractivity contribution in [1.29, 1.82) is 5.41 Å². The lowest BCUT2D eigenvalue weighted by molar-refractivity contribution is -0.237. The number of nitrogens with one attached hydrogen (secondary N) is 1. The van der Waals surface area contributed by atoms with Gasteiger partial charge < -0.3 is 29.4 Å². The summed E-state index contributed by atoms with van der Waals surface area (Å²) in [7, 11) is 0. The molecule has 12 heteroatoms. The van der Waals surface area contributed by atoms with Crippen molar-refractivity contribution in [2.24, 2.45) is 5.73 Å². The van der Waals surface area contributed by atoms with Crippen molar-refractivity contribution in [3.05, 3.63) is 0 Å². The fourth-order valence-corrected chi connectivity index (χ4v) is 3.20. The van der Waals surface area contributed by atoms with Gasteiger partial charge in [0.05, 0.1) is 0 Å². The molecule has 1 fully saturated rings. The molecule has 0 unspecified atom stereocenters. The van der Waals surface area contributed by atoms with Crippen LogP contribution in [0, 0.1) is 5.41 Å². The maximum absolute atomic E-state index is 11.6. The Hall–Kier alpha value is -2.34. The second kappa shape index (κ2) is 10.1. The summed E-state index contributed by atoms with van der Waals surface area (Å²) >= 11 is 0.705. The molecule has 0 aliphatic carbocycles. The summed E-state index contributed by atoms with van der Waals surface area (Å²) in [5.41, 5.74) is 4.33. The van der Waals surface area contributed by atoms with Crippen LogP contribution in [0.3, 0.4) is 0 Å². The van der Waals surface area contributed by atoms with Gasteiger partial charge in [-0.15, -0.1) is 0 Å². The molecule has 0 aromatic heterocycles. The highest BCUT2D eigenvalue weighted by Gasteiger charge is 2.52. The van der Waals surface area contributed by atoms with Gasteiger partial charge in [-0.3, -0.25) is 24.6 Å². The van der Waals surface area contributed by atoms with Crippen molar-refractivity contribution < 1.29 is 42.9 Å². The first kappa shape index (κ1) is 22.7. The minimum atomic E-state index is -1.26. The molecule has 27 heavy (non-hydrogen) atoms. The number of carbonyl (C=O) groups excluding carboxylic acids is 4. The van der Waals surface area contributed by atoms with Gasteiger partial charge in [0, 0.05) is 27.7 Å². The van der Waals surface area contributed by atoms with Crippen molar-refractivity contribution in [3.8, 4) is 0 Å². The lowest BCUT2D eigenvalue weighted by Gasteiger charge is -2.43. The average molecular weight is 406 g/mol. The topological polar surface area (TPSA) is 164 Å². The van der Waals surface area contributed by atoms with Crippen LogP contribution in [-0.4, -0.2) is 65.5 Å². The molecule has 0 amide bonds. The predicted octanol–water partition coefficient (Wildman–Crippen LogP) is -0.304. The van der Waals surface area contributed by atoms with Gasteiger partial charge in [-0.1, -0.05) is 11.8 Å². The Balaban J connectivity index is 3.29. The average Bonchev–Trinajstić information content (AvgIpc) is 2.49. The van der Waals surface area contributed by atoms with E-state index in [1.807, 2.05) is 0 Å². The number of esters is 4. The fraction of sp³-hybridized carbons (Fsp3) is 0.667. The minimum Gasteiger partial charge on any atom is -0.463 e. The van der Waals surface area contributed by atoms with E-state index in [0.29, 0.717) is 11.8 Å². The van der Waals surface area contributed by atoms with Gasteiger partial charge in [-0.2, -0.15) is 0 Å². The van der Waals surface area contributed by atoms with Crippen molar-refractivity contribution in [1.82, 2.24) is 0 Å². The maximum Gasteiger partial charge on any atom is 0.303 e. The monoisotopic (exact) mass is 406 g/mol. The molecule has 5 atom stereocenters. The molecule has 1 aliphatic rings. The van der Waals surface area contributed by atoms with Crippen LogP contribution in [0.4, 0.5) is 0 Å². The van der Waals surface area contributed by atoms with Gasteiger partial charge in [0.2, 0.25) is 0 Å². The smallest absolute Gasteiger partial charge is 0.303 e. The van der Waals surface area contributed by atoms with E-state index >= 15 is 0 Å². The zero-order chi connectivity index (χ0) is 20.7. The Morgan fingerprint density at radius 1 is 0.889 bits per heavy atom. The second-order valence-corrected chi connectivity index (χ2v) is 6.69. The van der Waals surface area contributed by atoms with E-state index in [-0.39, 0.29) is 11.8 Å². The van der Waals surface area contributed by atoms with Crippen molar-refractivity contribution in [3.63, 3.8) is 0 Å². The summed E-state index contributed by atoms with van der Waals surface area (Å²) < 4.78 is 26.2. The number of thioether (sulfide) groups is 1. The number of ether oxygens (including phenoxy) is 5. The molecule has 3 N–H and O–H groups in total. The van der Waals surface area contributed by atoms with E-state index in [4.69, 9.17) is 34.8 Å². The molecular formula is C15H22N2O9S. The molecule has 1 rings (SSSR count). The summed E-state index contributed by atoms with van der Waals surface area (Å²) in [6, 6.07) is 0. The molecule has 1 aliphatic heterocycles. The third-order valence-electron chi connectivity index (χ3n) is 3.19. The summed E-state index contributed by atoms with van der Waals surface area (Å²) in [4.78, 5) is 45.7. The van der Waals surface area contributed by atoms with Crippen molar-refractivity contribution >= 4 is 40.8 Å². The first-order valence-corrected chi connectivity index (χ1v) is 8.70. The van der Waals surface area contributed by atoms with Crippen LogP contribution in [0.25, 0.3) is 0 Å². The fourth-order valence-electron chi connectivity index (χ4n) is 2.41. The normalized spacial score (nSPS) is 27.2. The van der Waals surface area contributed by atoms with Crippen LogP contribution in [0.2, 0.25) is 0 Å². The molecule has 1 saturated heterocycles. The molecule has 152 valence electrons. The Morgan fingerprint density at radius 3 is 1.81 bits per heavy atom. The largest absolute Gasteiger partial charge is 0.463 e. The van der Waals surface area contributed by atoms with Crippen LogP contribution >= 0.6 is 11.8 Å². The first-order chi connectivity index (χ1) is 12.5. The van der Waals surface area contributed by atoms with E-state index in [9.17, 15) is 19.2 Å². The van der Waals surface area contributed by atoms with E-state index in [1.165, 1.54) is 6.92 Å². The van der Waals surface area contributed by atoms with Crippen LogP contribution in [-0.2, 0) is 42.9 Å². The lowest BCUT2D eigenvalue weighted by Crippen LogP contribution is -2.61. The summed E-state index contributed by atoms with van der Waals surface area (Å²) in [6.45, 7) is 4.24. The molecule has 0 radical (unpaired) electrons. The summed E-state index contributed by atoms with van der Waals surface area (Å²) in [6.07, 6.45) is -4.76. The first-order valence-electron chi connectivity index (χ1n) is 7.82. The van der Waals surface area contributed by atoms with E-state index in [1.54, 1.807) is 0 Å². The summed E-state index contributed by atoms with van der Waals surface area (Å²) in [5.74, 6) is -2.76. The SMILES string of the molecule is CC(=O)OC[C@@H]1O[C@@H](SC(=N)N)[C@@H](OC(C)=O)[C@@H](OC(C)=O)[C@H]1OC(C)=O. The maximum atomic E-state index is 11.6. The molecule has 0 saturated carbocycles. The second-order valence-electron chi connectivity index (χ2n) is 5.55. The molecule has 0 spiro atoms. The highest BCUT2D eigenvalue weighted by Crippen LogP contribution is 2.34. The van der Waals surface area contributed by atoms with E-state index in [2.05, 4.69) is 0 Å². The standard InChI is InChI=1S/C15H22N2O9S/c1-6(18)22-5-10-11(23-7(2)19)12(24-8(3)20)13(25-9(4)21)14(26-10)27-15(16)17/h10-14H,5H2,1-4H3,(H3,16,17)/t10-,11-,12-,13-,14-/m0/s1.